The van der Waals surface area contributed by atoms with Crippen LogP contribution in [-0.2, 0) is 18.3 Å². The molecule has 0 fully saturated rings. The number of rotatable bonds is 6. The van der Waals surface area contributed by atoms with E-state index in [0.29, 0.717) is 12.3 Å². The van der Waals surface area contributed by atoms with Crippen molar-refractivity contribution < 1.29 is 4.79 Å². The molecule has 1 amide bonds. The second kappa shape index (κ2) is 6.98. The minimum atomic E-state index is 0.0496. The molecule has 1 N–H and O–H groups in total. The minimum absolute atomic E-state index is 0.0496. The Labute approximate surface area is 137 Å². The quantitative estimate of drug-likeness (QED) is 0.706. The molecule has 0 aliphatic heterocycles. The molecule has 2 heterocycles. The predicted molar refractivity (Wildman–Crippen MR) is 92.5 cm³/mol. The molecule has 0 atom stereocenters. The van der Waals surface area contributed by atoms with Crippen molar-refractivity contribution in [3.05, 3.63) is 46.7 Å². The molecule has 0 aliphatic carbocycles. The Morgan fingerprint density at radius 1 is 1.32 bits per heavy atom. The predicted octanol–water partition coefficient (Wildman–Crippen LogP) is 3.09. The van der Waals surface area contributed by atoms with Gasteiger partial charge in [0, 0.05) is 18.5 Å². The highest BCUT2D eigenvalue weighted by molar-refractivity contribution is 7.99. The van der Waals surface area contributed by atoms with Crippen LogP contribution in [0.1, 0.15) is 4.88 Å². The third kappa shape index (κ3) is 3.51. The molecular weight excluding hydrogens is 314 g/mol. The number of hydrogen-bond acceptors (Lipinski definition) is 4. The second-order valence-corrected chi connectivity index (χ2v) is 6.88. The summed E-state index contributed by atoms with van der Waals surface area (Å²) in [5.41, 5.74) is 2.05. The summed E-state index contributed by atoms with van der Waals surface area (Å²) in [7, 11) is 1.98. The van der Waals surface area contributed by atoms with Crippen LogP contribution in [0.2, 0.25) is 0 Å². The van der Waals surface area contributed by atoms with Crippen molar-refractivity contribution in [3.8, 4) is 0 Å². The van der Waals surface area contributed by atoms with Crippen LogP contribution in [0.4, 0.5) is 0 Å². The molecule has 0 aliphatic rings. The Morgan fingerprint density at radius 3 is 2.95 bits per heavy atom. The van der Waals surface area contributed by atoms with Gasteiger partial charge >= 0.3 is 0 Å². The number of aromatic nitrogens is 2. The molecule has 22 heavy (non-hydrogen) atoms. The third-order valence-corrected chi connectivity index (χ3v) is 5.32. The van der Waals surface area contributed by atoms with E-state index in [0.717, 1.165) is 22.6 Å². The van der Waals surface area contributed by atoms with Gasteiger partial charge in [-0.15, -0.1) is 11.3 Å². The van der Waals surface area contributed by atoms with Crippen molar-refractivity contribution in [1.82, 2.24) is 14.9 Å². The van der Waals surface area contributed by atoms with Crippen LogP contribution in [-0.4, -0.2) is 27.8 Å². The summed E-state index contributed by atoms with van der Waals surface area (Å²) in [5, 5.41) is 5.88. The fourth-order valence-corrected chi connectivity index (χ4v) is 3.74. The van der Waals surface area contributed by atoms with Crippen molar-refractivity contribution in [3.63, 3.8) is 0 Å². The van der Waals surface area contributed by atoms with Crippen molar-refractivity contribution in [1.29, 1.82) is 0 Å². The average molecular weight is 331 g/mol. The van der Waals surface area contributed by atoms with Gasteiger partial charge in [-0.25, -0.2) is 4.98 Å². The molecule has 1 aromatic carbocycles. The first kappa shape index (κ1) is 15.1. The van der Waals surface area contributed by atoms with Crippen LogP contribution in [0.5, 0.6) is 0 Å². The summed E-state index contributed by atoms with van der Waals surface area (Å²) < 4.78 is 2.03. The maximum absolute atomic E-state index is 11.9. The first-order chi connectivity index (χ1) is 10.7. The number of hydrogen-bond donors (Lipinski definition) is 1. The zero-order valence-corrected chi connectivity index (χ0v) is 13.9. The molecule has 4 nitrogen and oxygen atoms in total. The minimum Gasteiger partial charge on any atom is -0.355 e. The van der Waals surface area contributed by atoms with Gasteiger partial charge < -0.3 is 9.88 Å². The summed E-state index contributed by atoms with van der Waals surface area (Å²) in [6.07, 6.45) is 0.889. The van der Waals surface area contributed by atoms with Gasteiger partial charge in [0.1, 0.15) is 0 Å². The number of carbonyl (C=O) groups excluding carboxylic acids is 1. The number of carbonyl (C=O) groups is 1. The Bertz CT molecular complexity index is 765. The monoisotopic (exact) mass is 331 g/mol. The molecule has 0 bridgehead atoms. The molecule has 0 unspecified atom stereocenters. The molecule has 6 heteroatoms. The number of thioether (sulfide) groups is 1. The average Bonchev–Trinajstić information content (AvgIpc) is 3.14. The molecular formula is C16H17N3OS2. The van der Waals surface area contributed by atoms with Gasteiger partial charge in [0.2, 0.25) is 5.91 Å². The number of fused-ring (bicyclic) bond motifs is 1. The SMILES string of the molecule is Cn1c(SCC(=O)NCCc2cccs2)nc2ccccc21. The summed E-state index contributed by atoms with van der Waals surface area (Å²) in [5.74, 6) is 0.440. The van der Waals surface area contributed by atoms with Gasteiger partial charge in [-0.2, -0.15) is 0 Å². The fourth-order valence-electron chi connectivity index (χ4n) is 2.21. The van der Waals surface area contributed by atoms with Crippen molar-refractivity contribution in [2.45, 2.75) is 11.6 Å². The highest BCUT2D eigenvalue weighted by atomic mass is 32.2. The van der Waals surface area contributed by atoms with Gasteiger partial charge in [0.25, 0.3) is 0 Å². The van der Waals surface area contributed by atoms with Crippen LogP contribution in [0.3, 0.4) is 0 Å². The molecule has 2 aromatic heterocycles. The summed E-state index contributed by atoms with van der Waals surface area (Å²) in [6, 6.07) is 12.1. The summed E-state index contributed by atoms with van der Waals surface area (Å²) in [4.78, 5) is 17.8. The number of imidazole rings is 1. The van der Waals surface area contributed by atoms with E-state index in [-0.39, 0.29) is 5.91 Å². The lowest BCUT2D eigenvalue weighted by Gasteiger charge is -2.04. The topological polar surface area (TPSA) is 46.9 Å². The van der Waals surface area contributed by atoms with Crippen molar-refractivity contribution in [2.75, 3.05) is 12.3 Å². The van der Waals surface area contributed by atoms with Gasteiger partial charge in [-0.05, 0) is 30.0 Å². The van der Waals surface area contributed by atoms with Crippen LogP contribution < -0.4 is 5.32 Å². The van der Waals surface area contributed by atoms with Gasteiger partial charge in [-0.3, -0.25) is 4.79 Å². The number of thiophene rings is 1. The highest BCUT2D eigenvalue weighted by Crippen LogP contribution is 2.22. The lowest BCUT2D eigenvalue weighted by molar-refractivity contribution is -0.118. The van der Waals surface area contributed by atoms with E-state index >= 15 is 0 Å². The van der Waals surface area contributed by atoms with E-state index in [4.69, 9.17) is 0 Å². The van der Waals surface area contributed by atoms with E-state index in [9.17, 15) is 4.79 Å². The van der Waals surface area contributed by atoms with E-state index in [1.165, 1.54) is 16.6 Å². The van der Waals surface area contributed by atoms with Crippen LogP contribution in [0.25, 0.3) is 11.0 Å². The highest BCUT2D eigenvalue weighted by Gasteiger charge is 2.10. The Morgan fingerprint density at radius 2 is 2.18 bits per heavy atom. The maximum Gasteiger partial charge on any atom is 0.230 e. The van der Waals surface area contributed by atoms with E-state index in [1.807, 2.05) is 41.9 Å². The number of para-hydroxylation sites is 2. The lowest BCUT2D eigenvalue weighted by Crippen LogP contribution is -2.27. The van der Waals surface area contributed by atoms with Crippen molar-refractivity contribution in [2.24, 2.45) is 7.05 Å². The van der Waals surface area contributed by atoms with Crippen molar-refractivity contribution >= 4 is 40.0 Å². The lowest BCUT2D eigenvalue weighted by atomic mass is 10.3. The smallest absolute Gasteiger partial charge is 0.230 e. The number of nitrogens with one attached hydrogen (secondary N) is 1. The Balaban J connectivity index is 1.50. The van der Waals surface area contributed by atoms with Gasteiger partial charge in [0.05, 0.1) is 16.8 Å². The number of aryl methyl sites for hydroxylation is 1. The standard InChI is InChI=1S/C16H17N3OS2/c1-19-14-7-3-2-6-13(14)18-16(19)22-11-15(20)17-9-8-12-5-4-10-21-12/h2-7,10H,8-9,11H2,1H3,(H,17,20). The Kier molecular flexibility index (Phi) is 4.80. The largest absolute Gasteiger partial charge is 0.355 e. The first-order valence-corrected chi connectivity index (χ1v) is 8.94. The molecule has 0 saturated carbocycles. The Hall–Kier alpha value is -1.79. The molecule has 0 spiro atoms. The maximum atomic E-state index is 11.9. The van der Waals surface area contributed by atoms with E-state index in [2.05, 4.69) is 21.7 Å². The summed E-state index contributed by atoms with van der Waals surface area (Å²) >= 11 is 3.19. The fraction of sp³-hybridized carbons (Fsp3) is 0.250. The summed E-state index contributed by atoms with van der Waals surface area (Å²) in [6.45, 7) is 0.683. The molecule has 0 radical (unpaired) electrons. The zero-order valence-electron chi connectivity index (χ0n) is 12.3. The molecule has 3 rings (SSSR count). The number of nitrogens with zero attached hydrogens (tertiary/aromatic N) is 2. The molecule has 0 saturated heterocycles. The van der Waals surface area contributed by atoms with E-state index < -0.39 is 0 Å². The first-order valence-electron chi connectivity index (χ1n) is 7.07. The van der Waals surface area contributed by atoms with Gasteiger partial charge in [-0.1, -0.05) is 30.0 Å². The molecule has 3 aromatic rings. The van der Waals surface area contributed by atoms with Crippen LogP contribution in [0, 0.1) is 0 Å². The molecule has 114 valence electrons. The number of amides is 1. The normalized spacial score (nSPS) is 11.0. The zero-order chi connectivity index (χ0) is 15.4. The van der Waals surface area contributed by atoms with Crippen LogP contribution in [0.15, 0.2) is 46.9 Å². The van der Waals surface area contributed by atoms with Gasteiger partial charge in [0.15, 0.2) is 5.16 Å². The third-order valence-electron chi connectivity index (χ3n) is 3.35. The van der Waals surface area contributed by atoms with E-state index in [1.54, 1.807) is 11.3 Å². The second-order valence-electron chi connectivity index (χ2n) is 4.91. The number of benzene rings is 1. The van der Waals surface area contributed by atoms with Crippen LogP contribution >= 0.6 is 23.1 Å².